The molecule has 7 heteroatoms. The van der Waals surface area contributed by atoms with Crippen LogP contribution in [0, 0.1) is 0 Å². The van der Waals surface area contributed by atoms with Crippen molar-refractivity contribution in [1.82, 2.24) is 0 Å². The summed E-state index contributed by atoms with van der Waals surface area (Å²) >= 11 is 0. The number of carbonyl (C=O) groups excluding carboxylic acids is 2. The maximum Gasteiger partial charge on any atom is 0.310 e. The van der Waals surface area contributed by atoms with Crippen molar-refractivity contribution < 1.29 is 28.5 Å². The lowest BCUT2D eigenvalue weighted by Gasteiger charge is -2.10. The van der Waals surface area contributed by atoms with Crippen molar-refractivity contribution >= 4 is 17.6 Å². The van der Waals surface area contributed by atoms with Crippen LogP contribution in [0.1, 0.15) is 12.0 Å². The molecule has 7 nitrogen and oxygen atoms in total. The first kappa shape index (κ1) is 18.6. The minimum atomic E-state index is -0.478. The van der Waals surface area contributed by atoms with E-state index in [0.717, 1.165) is 12.0 Å². The van der Waals surface area contributed by atoms with Crippen LogP contribution in [0.25, 0.3) is 0 Å². The zero-order valence-corrected chi connectivity index (χ0v) is 15.0. The van der Waals surface area contributed by atoms with Crippen molar-refractivity contribution in [2.75, 3.05) is 32.2 Å². The molecule has 0 radical (unpaired) electrons. The monoisotopic (exact) mass is 371 g/mol. The Morgan fingerprint density at radius 3 is 2.52 bits per heavy atom. The van der Waals surface area contributed by atoms with Gasteiger partial charge in [0.15, 0.2) is 18.1 Å². The SMILES string of the molecule is COc1ccc(CC(=O)OCC(=O)Nc2ccc3c(c2)OCCCO3)cc1. The van der Waals surface area contributed by atoms with E-state index in [9.17, 15) is 9.59 Å². The van der Waals surface area contributed by atoms with E-state index in [2.05, 4.69) is 5.32 Å². The third-order valence-corrected chi connectivity index (χ3v) is 3.90. The molecular weight excluding hydrogens is 350 g/mol. The summed E-state index contributed by atoms with van der Waals surface area (Å²) < 4.78 is 21.2. The number of carbonyl (C=O) groups is 2. The fourth-order valence-corrected chi connectivity index (χ4v) is 2.55. The molecular formula is C20H21NO6. The highest BCUT2D eigenvalue weighted by molar-refractivity contribution is 5.93. The number of amides is 1. The maximum absolute atomic E-state index is 12.0. The molecule has 0 aromatic heterocycles. The molecule has 0 saturated carbocycles. The standard InChI is InChI=1S/C20H21NO6/c1-24-16-6-3-14(4-7-16)11-20(23)27-13-19(22)21-15-5-8-17-18(12-15)26-10-2-9-25-17/h3-8,12H,2,9-11,13H2,1H3,(H,21,22). The average molecular weight is 371 g/mol. The summed E-state index contributed by atoms with van der Waals surface area (Å²) in [5.41, 5.74) is 1.33. The zero-order valence-electron chi connectivity index (χ0n) is 15.0. The van der Waals surface area contributed by atoms with Gasteiger partial charge in [-0.3, -0.25) is 9.59 Å². The molecule has 1 N–H and O–H groups in total. The molecule has 0 aliphatic carbocycles. The van der Waals surface area contributed by atoms with Crippen molar-refractivity contribution in [1.29, 1.82) is 0 Å². The third kappa shape index (κ3) is 5.37. The fourth-order valence-electron chi connectivity index (χ4n) is 2.55. The first-order valence-electron chi connectivity index (χ1n) is 8.62. The summed E-state index contributed by atoms with van der Waals surface area (Å²) in [6.07, 6.45) is 0.891. The van der Waals surface area contributed by atoms with Gasteiger partial charge in [-0.2, -0.15) is 0 Å². The summed E-state index contributed by atoms with van der Waals surface area (Å²) in [5, 5.41) is 2.68. The molecule has 0 saturated heterocycles. The predicted octanol–water partition coefficient (Wildman–Crippen LogP) is 2.58. The lowest BCUT2D eigenvalue weighted by Crippen LogP contribution is -2.21. The van der Waals surface area contributed by atoms with Crippen LogP contribution in [0.5, 0.6) is 17.2 Å². The molecule has 2 aromatic carbocycles. The van der Waals surface area contributed by atoms with Crippen LogP contribution in [0.15, 0.2) is 42.5 Å². The Labute approximate surface area is 157 Å². The molecule has 1 heterocycles. The van der Waals surface area contributed by atoms with E-state index < -0.39 is 11.9 Å². The number of methoxy groups -OCH3 is 1. The van der Waals surface area contributed by atoms with E-state index in [1.807, 2.05) is 0 Å². The Kier molecular flexibility index (Phi) is 6.14. The number of hydrogen-bond donors (Lipinski definition) is 1. The zero-order chi connectivity index (χ0) is 19.1. The van der Waals surface area contributed by atoms with E-state index in [-0.39, 0.29) is 13.0 Å². The smallest absolute Gasteiger partial charge is 0.310 e. The van der Waals surface area contributed by atoms with Crippen LogP contribution < -0.4 is 19.5 Å². The topological polar surface area (TPSA) is 83.1 Å². The van der Waals surface area contributed by atoms with Crippen LogP contribution in [0.4, 0.5) is 5.69 Å². The highest BCUT2D eigenvalue weighted by Crippen LogP contribution is 2.32. The number of hydrogen-bond acceptors (Lipinski definition) is 6. The van der Waals surface area contributed by atoms with Gasteiger partial charge in [0.1, 0.15) is 5.75 Å². The second-order valence-electron chi connectivity index (χ2n) is 5.95. The second kappa shape index (κ2) is 8.93. The van der Waals surface area contributed by atoms with Crippen LogP contribution >= 0.6 is 0 Å². The number of anilines is 1. The number of esters is 1. The summed E-state index contributed by atoms with van der Waals surface area (Å²) in [4.78, 5) is 23.9. The summed E-state index contributed by atoms with van der Waals surface area (Å²) in [7, 11) is 1.57. The van der Waals surface area contributed by atoms with Crippen molar-refractivity contribution in [3.8, 4) is 17.2 Å². The Balaban J connectivity index is 1.47. The quantitative estimate of drug-likeness (QED) is 0.786. The van der Waals surface area contributed by atoms with Crippen LogP contribution in [-0.4, -0.2) is 38.8 Å². The van der Waals surface area contributed by atoms with Crippen LogP contribution in [-0.2, 0) is 20.7 Å². The third-order valence-electron chi connectivity index (χ3n) is 3.90. The first-order chi connectivity index (χ1) is 13.1. The summed E-state index contributed by atoms with van der Waals surface area (Å²) in [6.45, 7) is 0.805. The van der Waals surface area contributed by atoms with E-state index >= 15 is 0 Å². The van der Waals surface area contributed by atoms with Gasteiger partial charge >= 0.3 is 5.97 Å². The lowest BCUT2D eigenvalue weighted by atomic mass is 10.1. The number of nitrogens with one attached hydrogen (secondary N) is 1. The van der Waals surface area contributed by atoms with E-state index in [1.165, 1.54) is 0 Å². The first-order valence-corrected chi connectivity index (χ1v) is 8.62. The van der Waals surface area contributed by atoms with Gasteiger partial charge < -0.3 is 24.3 Å². The van der Waals surface area contributed by atoms with Gasteiger partial charge in [-0.25, -0.2) is 0 Å². The van der Waals surface area contributed by atoms with Gasteiger partial charge in [-0.15, -0.1) is 0 Å². The van der Waals surface area contributed by atoms with Gasteiger partial charge in [0, 0.05) is 18.2 Å². The largest absolute Gasteiger partial charge is 0.497 e. The van der Waals surface area contributed by atoms with Crippen LogP contribution in [0.3, 0.4) is 0 Å². The fraction of sp³-hybridized carbons (Fsp3) is 0.300. The van der Waals surface area contributed by atoms with Crippen LogP contribution in [0.2, 0.25) is 0 Å². The molecule has 0 fully saturated rings. The minimum absolute atomic E-state index is 0.0846. The van der Waals surface area contributed by atoms with Crippen molar-refractivity contribution in [3.05, 3.63) is 48.0 Å². The summed E-state index contributed by atoms with van der Waals surface area (Å²) in [5.74, 6) is 1.04. The molecule has 0 spiro atoms. The predicted molar refractivity (Wildman–Crippen MR) is 98.3 cm³/mol. The van der Waals surface area contributed by atoms with Gasteiger partial charge in [0.25, 0.3) is 5.91 Å². The molecule has 2 aromatic rings. The Hall–Kier alpha value is -3.22. The molecule has 0 atom stereocenters. The van der Waals surface area contributed by atoms with Gasteiger partial charge in [0.05, 0.1) is 26.7 Å². The number of ether oxygens (including phenoxy) is 4. The molecule has 1 aliphatic rings. The number of fused-ring (bicyclic) bond motifs is 1. The summed E-state index contributed by atoms with van der Waals surface area (Å²) in [6, 6.07) is 12.2. The van der Waals surface area contributed by atoms with Gasteiger partial charge in [-0.05, 0) is 29.8 Å². The van der Waals surface area contributed by atoms with Crippen molar-refractivity contribution in [2.45, 2.75) is 12.8 Å². The van der Waals surface area contributed by atoms with E-state index in [4.69, 9.17) is 18.9 Å². The Morgan fingerprint density at radius 2 is 1.78 bits per heavy atom. The van der Waals surface area contributed by atoms with Crippen molar-refractivity contribution in [2.24, 2.45) is 0 Å². The molecule has 0 bridgehead atoms. The normalized spacial score (nSPS) is 12.6. The molecule has 3 rings (SSSR count). The molecule has 1 aliphatic heterocycles. The lowest BCUT2D eigenvalue weighted by molar-refractivity contribution is -0.146. The Bertz CT molecular complexity index is 803. The van der Waals surface area contributed by atoms with Gasteiger partial charge in [0.2, 0.25) is 0 Å². The van der Waals surface area contributed by atoms with Crippen molar-refractivity contribution in [3.63, 3.8) is 0 Å². The minimum Gasteiger partial charge on any atom is -0.497 e. The average Bonchev–Trinajstić information content (AvgIpc) is 2.92. The highest BCUT2D eigenvalue weighted by atomic mass is 16.5. The molecule has 1 amide bonds. The number of benzene rings is 2. The Morgan fingerprint density at radius 1 is 1.04 bits per heavy atom. The van der Waals surface area contributed by atoms with E-state index in [0.29, 0.717) is 36.1 Å². The number of rotatable bonds is 6. The maximum atomic E-state index is 12.0. The molecule has 0 unspecified atom stereocenters. The van der Waals surface area contributed by atoms with E-state index in [1.54, 1.807) is 49.6 Å². The molecule has 142 valence electrons. The highest BCUT2D eigenvalue weighted by Gasteiger charge is 2.13. The second-order valence-corrected chi connectivity index (χ2v) is 5.95. The molecule has 27 heavy (non-hydrogen) atoms. The van der Waals surface area contributed by atoms with Gasteiger partial charge in [-0.1, -0.05) is 12.1 Å².